The number of allylic oxidation sites excluding steroid dienone is 2. The van der Waals surface area contributed by atoms with Crippen LogP contribution < -0.4 is 4.74 Å². The minimum atomic E-state index is 0.159. The molecule has 5 heteroatoms. The fraction of sp³-hybridized carbons (Fsp3) is 0.429. The molecule has 134 valence electrons. The van der Waals surface area contributed by atoms with Crippen molar-refractivity contribution in [3.8, 4) is 17.0 Å². The zero-order valence-electron chi connectivity index (χ0n) is 14.9. The second kappa shape index (κ2) is 6.01. The highest BCUT2D eigenvalue weighted by Crippen LogP contribution is 2.44. The van der Waals surface area contributed by atoms with E-state index in [0.29, 0.717) is 24.3 Å². The lowest BCUT2D eigenvalue weighted by Crippen LogP contribution is -2.40. The van der Waals surface area contributed by atoms with Crippen LogP contribution in [0.4, 0.5) is 0 Å². The molecule has 2 aliphatic carbocycles. The lowest BCUT2D eigenvalue weighted by Gasteiger charge is -2.30. The van der Waals surface area contributed by atoms with Gasteiger partial charge in [0.05, 0.1) is 13.7 Å². The monoisotopic (exact) mass is 350 g/mol. The zero-order valence-corrected chi connectivity index (χ0v) is 14.9. The number of benzene rings is 1. The van der Waals surface area contributed by atoms with E-state index in [9.17, 15) is 4.79 Å². The Morgan fingerprint density at radius 2 is 2.23 bits per heavy atom. The van der Waals surface area contributed by atoms with Crippen LogP contribution in [-0.2, 0) is 17.8 Å². The molecule has 3 aliphatic rings. The van der Waals surface area contributed by atoms with Gasteiger partial charge in [-0.1, -0.05) is 29.4 Å². The van der Waals surface area contributed by atoms with Crippen LogP contribution in [0.25, 0.3) is 11.3 Å². The smallest absolute Gasteiger partial charge is 0.226 e. The number of nitrogens with zero attached hydrogens (tertiary/aromatic N) is 2. The normalized spacial score (nSPS) is 26.2. The first kappa shape index (κ1) is 15.7. The summed E-state index contributed by atoms with van der Waals surface area (Å²) in [6, 6.07) is 7.82. The summed E-state index contributed by atoms with van der Waals surface area (Å²) in [6.45, 7) is 1.30. The number of carbonyl (C=O) groups is 1. The molecule has 5 nitrogen and oxygen atoms in total. The number of hydrogen-bond acceptors (Lipinski definition) is 4. The van der Waals surface area contributed by atoms with E-state index in [1.165, 1.54) is 0 Å². The Hall–Kier alpha value is -2.56. The van der Waals surface area contributed by atoms with Crippen molar-refractivity contribution in [2.24, 2.45) is 17.8 Å². The van der Waals surface area contributed by atoms with Crippen LogP contribution in [0.1, 0.15) is 24.2 Å². The van der Waals surface area contributed by atoms with Gasteiger partial charge in [0, 0.05) is 30.0 Å². The van der Waals surface area contributed by atoms with Gasteiger partial charge >= 0.3 is 0 Å². The third-order valence-corrected chi connectivity index (χ3v) is 6.08. The third-order valence-electron chi connectivity index (χ3n) is 6.08. The fourth-order valence-corrected chi connectivity index (χ4v) is 4.69. The second-order valence-corrected chi connectivity index (χ2v) is 7.56. The van der Waals surface area contributed by atoms with E-state index in [-0.39, 0.29) is 5.92 Å². The Labute approximate surface area is 152 Å². The summed E-state index contributed by atoms with van der Waals surface area (Å²) in [6.07, 6.45) is 7.42. The average Bonchev–Trinajstić information content (AvgIpc) is 3.42. The Morgan fingerprint density at radius 3 is 3.00 bits per heavy atom. The number of fused-ring (bicyclic) bond motifs is 3. The molecule has 0 radical (unpaired) electrons. The number of rotatable bonds is 3. The van der Waals surface area contributed by atoms with E-state index in [2.05, 4.69) is 17.3 Å². The van der Waals surface area contributed by atoms with Gasteiger partial charge in [-0.3, -0.25) is 4.79 Å². The molecule has 26 heavy (non-hydrogen) atoms. The molecule has 1 aromatic carbocycles. The molecule has 2 aromatic rings. The fourth-order valence-electron chi connectivity index (χ4n) is 4.69. The van der Waals surface area contributed by atoms with Crippen molar-refractivity contribution in [3.05, 3.63) is 47.7 Å². The van der Waals surface area contributed by atoms with E-state index >= 15 is 0 Å². The molecule has 2 bridgehead atoms. The molecule has 1 saturated carbocycles. The predicted octanol–water partition coefficient (Wildman–Crippen LogP) is 3.45. The van der Waals surface area contributed by atoms with E-state index in [4.69, 9.17) is 9.26 Å². The topological polar surface area (TPSA) is 55.6 Å². The van der Waals surface area contributed by atoms with Crippen molar-refractivity contribution >= 4 is 5.91 Å². The minimum Gasteiger partial charge on any atom is -0.497 e. The maximum absolute atomic E-state index is 13.1. The molecule has 5 rings (SSSR count). The van der Waals surface area contributed by atoms with Gasteiger partial charge < -0.3 is 14.2 Å². The Balaban J connectivity index is 1.41. The summed E-state index contributed by atoms with van der Waals surface area (Å²) in [5.74, 6) is 3.19. The molecule has 1 aliphatic heterocycles. The number of amides is 1. The zero-order chi connectivity index (χ0) is 17.7. The van der Waals surface area contributed by atoms with Crippen LogP contribution in [0.2, 0.25) is 0 Å². The maximum Gasteiger partial charge on any atom is 0.226 e. The Morgan fingerprint density at radius 1 is 1.31 bits per heavy atom. The largest absolute Gasteiger partial charge is 0.497 e. The Kier molecular flexibility index (Phi) is 3.62. The molecule has 0 spiro atoms. The summed E-state index contributed by atoms with van der Waals surface area (Å²) in [5.41, 5.74) is 2.83. The molecule has 0 N–H and O–H groups in total. The van der Waals surface area contributed by atoms with Crippen molar-refractivity contribution < 1.29 is 14.1 Å². The number of methoxy groups -OCH3 is 1. The van der Waals surface area contributed by atoms with E-state index < -0.39 is 0 Å². The van der Waals surface area contributed by atoms with Crippen LogP contribution >= 0.6 is 0 Å². The third kappa shape index (κ3) is 2.45. The lowest BCUT2D eigenvalue weighted by atomic mass is 9.91. The average molecular weight is 350 g/mol. The molecule has 0 unspecified atom stereocenters. The SMILES string of the molecule is COc1cccc(-c2noc3c2CN(C(=O)[C@H]2C[C@@H]4C=C[C@H]2C4)CC3)c1. The summed E-state index contributed by atoms with van der Waals surface area (Å²) in [5, 5.41) is 4.29. The van der Waals surface area contributed by atoms with Crippen molar-refractivity contribution in [2.45, 2.75) is 25.8 Å². The molecule has 3 atom stereocenters. The molecule has 1 aromatic heterocycles. The predicted molar refractivity (Wildman–Crippen MR) is 96.5 cm³/mol. The highest BCUT2D eigenvalue weighted by Gasteiger charge is 2.42. The summed E-state index contributed by atoms with van der Waals surface area (Å²) in [4.78, 5) is 15.1. The van der Waals surface area contributed by atoms with Gasteiger partial charge in [-0.15, -0.1) is 0 Å². The quantitative estimate of drug-likeness (QED) is 0.796. The van der Waals surface area contributed by atoms with E-state index in [1.54, 1.807) is 7.11 Å². The van der Waals surface area contributed by atoms with Crippen LogP contribution in [0, 0.1) is 17.8 Å². The number of carbonyl (C=O) groups excluding carboxylic acids is 1. The van der Waals surface area contributed by atoms with E-state index in [1.807, 2.05) is 29.2 Å². The van der Waals surface area contributed by atoms with Gasteiger partial charge in [-0.05, 0) is 36.8 Å². The number of hydrogen-bond donors (Lipinski definition) is 0. The molecule has 2 heterocycles. The van der Waals surface area contributed by atoms with Crippen molar-refractivity contribution in [3.63, 3.8) is 0 Å². The summed E-state index contributed by atoms with van der Waals surface area (Å²) in [7, 11) is 1.65. The lowest BCUT2D eigenvalue weighted by molar-refractivity contribution is -0.137. The molecule has 1 fully saturated rings. The highest BCUT2D eigenvalue weighted by molar-refractivity contribution is 5.81. The maximum atomic E-state index is 13.1. The number of aromatic nitrogens is 1. The first-order valence-corrected chi connectivity index (χ1v) is 9.32. The summed E-state index contributed by atoms with van der Waals surface area (Å²) >= 11 is 0. The van der Waals surface area contributed by atoms with Crippen molar-refractivity contribution in [1.29, 1.82) is 0 Å². The van der Waals surface area contributed by atoms with Gasteiger partial charge in [0.1, 0.15) is 17.2 Å². The number of ether oxygens (including phenoxy) is 1. The minimum absolute atomic E-state index is 0.159. The highest BCUT2D eigenvalue weighted by atomic mass is 16.5. The van der Waals surface area contributed by atoms with Gasteiger partial charge in [0.2, 0.25) is 5.91 Å². The second-order valence-electron chi connectivity index (χ2n) is 7.56. The van der Waals surface area contributed by atoms with Crippen LogP contribution in [0.15, 0.2) is 40.9 Å². The van der Waals surface area contributed by atoms with Gasteiger partial charge in [-0.2, -0.15) is 0 Å². The van der Waals surface area contributed by atoms with Gasteiger partial charge in [0.15, 0.2) is 0 Å². The molecular weight excluding hydrogens is 328 g/mol. The summed E-state index contributed by atoms with van der Waals surface area (Å²) < 4.78 is 10.9. The Bertz CT molecular complexity index is 885. The van der Waals surface area contributed by atoms with Crippen LogP contribution in [0.3, 0.4) is 0 Å². The van der Waals surface area contributed by atoms with Gasteiger partial charge in [-0.25, -0.2) is 0 Å². The van der Waals surface area contributed by atoms with Gasteiger partial charge in [0.25, 0.3) is 0 Å². The first-order chi connectivity index (χ1) is 12.7. The standard InChI is InChI=1S/C21H22N2O3/c1-25-16-4-2-3-15(11-16)20-18-12-23(8-7-19(18)26-22-20)21(24)17-10-13-5-6-14(17)9-13/h2-6,11,13-14,17H,7-10,12H2,1H3/t13-,14+,17+/m1/s1. The van der Waals surface area contributed by atoms with E-state index in [0.717, 1.165) is 54.1 Å². The van der Waals surface area contributed by atoms with Crippen molar-refractivity contribution in [2.75, 3.05) is 13.7 Å². The van der Waals surface area contributed by atoms with Crippen LogP contribution in [-0.4, -0.2) is 29.6 Å². The molecular formula is C21H22N2O3. The molecule has 1 amide bonds. The van der Waals surface area contributed by atoms with Crippen molar-refractivity contribution in [1.82, 2.24) is 10.1 Å². The van der Waals surface area contributed by atoms with Crippen LogP contribution in [0.5, 0.6) is 5.75 Å². The first-order valence-electron chi connectivity index (χ1n) is 9.32. The molecule has 0 saturated heterocycles.